The van der Waals surface area contributed by atoms with Crippen LogP contribution in [0.1, 0.15) is 59.8 Å². The van der Waals surface area contributed by atoms with Crippen LogP contribution in [0, 0.1) is 5.41 Å². The van der Waals surface area contributed by atoms with Crippen LogP contribution in [0.2, 0.25) is 0 Å². The Bertz CT molecular complexity index is 197. The summed E-state index contributed by atoms with van der Waals surface area (Å²) < 4.78 is 26.1. The monoisotopic (exact) mass is 218 g/mol. The molecule has 0 saturated heterocycles. The lowest BCUT2D eigenvalue weighted by atomic mass is 9.73. The number of hydrogen-bond acceptors (Lipinski definition) is 0. The number of rotatable bonds is 7. The molecule has 15 heavy (non-hydrogen) atoms. The van der Waals surface area contributed by atoms with E-state index in [-0.39, 0.29) is 11.0 Å². The van der Waals surface area contributed by atoms with Crippen LogP contribution < -0.4 is 0 Å². The van der Waals surface area contributed by atoms with Crippen LogP contribution in [0.4, 0.5) is 8.78 Å². The number of hydrogen-bond donors (Lipinski definition) is 0. The molecule has 0 nitrogen and oxygen atoms in total. The van der Waals surface area contributed by atoms with Gasteiger partial charge in [0.05, 0.1) is 0 Å². The first-order valence-electron chi connectivity index (χ1n) is 5.87. The van der Waals surface area contributed by atoms with Gasteiger partial charge in [-0.2, -0.15) is 0 Å². The third-order valence-corrected chi connectivity index (χ3v) is 3.49. The molecule has 0 aliphatic rings. The summed E-state index contributed by atoms with van der Waals surface area (Å²) in [5.74, 6) is -2.73. The molecule has 0 aromatic rings. The van der Waals surface area contributed by atoms with Crippen LogP contribution in [0.15, 0.2) is 12.2 Å². The molecular formula is C13H24F2. The van der Waals surface area contributed by atoms with Gasteiger partial charge in [-0.1, -0.05) is 46.6 Å². The Morgan fingerprint density at radius 2 is 1.60 bits per heavy atom. The maximum atomic E-state index is 13.1. The maximum Gasteiger partial charge on any atom is 0.266 e. The van der Waals surface area contributed by atoms with Gasteiger partial charge < -0.3 is 0 Å². The Labute approximate surface area is 92.8 Å². The van der Waals surface area contributed by atoms with Gasteiger partial charge in [-0.3, -0.25) is 0 Å². The van der Waals surface area contributed by atoms with Crippen molar-refractivity contribution in [1.29, 1.82) is 0 Å². The third-order valence-electron chi connectivity index (χ3n) is 3.49. The van der Waals surface area contributed by atoms with Gasteiger partial charge in [-0.05, 0) is 23.8 Å². The summed E-state index contributed by atoms with van der Waals surface area (Å²) in [5, 5.41) is 0. The minimum Gasteiger partial charge on any atom is -0.202 e. The quantitative estimate of drug-likeness (QED) is 0.515. The largest absolute Gasteiger partial charge is 0.266 e. The van der Waals surface area contributed by atoms with Gasteiger partial charge >= 0.3 is 0 Å². The van der Waals surface area contributed by atoms with Crippen LogP contribution in [0.3, 0.4) is 0 Å². The van der Waals surface area contributed by atoms with E-state index in [0.29, 0.717) is 6.42 Å². The predicted molar refractivity (Wildman–Crippen MR) is 62.3 cm³/mol. The van der Waals surface area contributed by atoms with Crippen molar-refractivity contribution in [1.82, 2.24) is 0 Å². The van der Waals surface area contributed by atoms with Crippen LogP contribution in [-0.2, 0) is 0 Å². The summed E-state index contributed by atoms with van der Waals surface area (Å²) in [5.41, 5.74) is 0.116. The average molecular weight is 218 g/mol. The van der Waals surface area contributed by atoms with Gasteiger partial charge in [0.25, 0.3) is 5.92 Å². The lowest BCUT2D eigenvalue weighted by Gasteiger charge is -2.33. The Hall–Kier alpha value is -0.400. The highest BCUT2D eigenvalue weighted by Gasteiger charge is 2.33. The minimum absolute atomic E-state index is 0.0330. The molecule has 0 atom stereocenters. The number of halogens is 2. The highest BCUT2D eigenvalue weighted by Crippen LogP contribution is 2.41. The zero-order chi connectivity index (χ0) is 12.1. The average Bonchev–Trinajstić information content (AvgIpc) is 2.15. The Balaban J connectivity index is 4.61. The fourth-order valence-electron chi connectivity index (χ4n) is 2.08. The van der Waals surface area contributed by atoms with Crippen molar-refractivity contribution in [2.75, 3.05) is 0 Å². The van der Waals surface area contributed by atoms with E-state index >= 15 is 0 Å². The first-order chi connectivity index (χ1) is 6.81. The van der Waals surface area contributed by atoms with Gasteiger partial charge in [-0.15, -0.1) is 0 Å². The second-order valence-corrected chi connectivity index (χ2v) is 4.63. The molecule has 0 aliphatic carbocycles. The first-order valence-corrected chi connectivity index (χ1v) is 5.87. The molecule has 0 radical (unpaired) electrons. The number of alkyl halides is 2. The lowest BCUT2D eigenvalue weighted by molar-refractivity contribution is 0.0496. The van der Waals surface area contributed by atoms with Gasteiger partial charge in [0.1, 0.15) is 0 Å². The Morgan fingerprint density at radius 1 is 1.13 bits per heavy atom. The normalized spacial score (nSPS) is 12.9. The third kappa shape index (κ3) is 4.31. The highest BCUT2D eigenvalue weighted by molar-refractivity contribution is 5.09. The van der Waals surface area contributed by atoms with E-state index in [1.807, 2.05) is 0 Å². The molecule has 0 fully saturated rings. The van der Waals surface area contributed by atoms with Gasteiger partial charge in [-0.25, -0.2) is 8.78 Å². The summed E-state index contributed by atoms with van der Waals surface area (Å²) in [7, 11) is 0. The highest BCUT2D eigenvalue weighted by atomic mass is 19.3. The van der Waals surface area contributed by atoms with Gasteiger partial charge in [0, 0.05) is 6.92 Å². The van der Waals surface area contributed by atoms with Crippen molar-refractivity contribution in [3.8, 4) is 0 Å². The summed E-state index contributed by atoms with van der Waals surface area (Å²) >= 11 is 0. The summed E-state index contributed by atoms with van der Waals surface area (Å²) in [4.78, 5) is 0. The Kier molecular flexibility index (Phi) is 5.47. The molecule has 90 valence electrons. The lowest BCUT2D eigenvalue weighted by Crippen LogP contribution is -2.24. The molecule has 0 heterocycles. The van der Waals surface area contributed by atoms with Gasteiger partial charge in [0.2, 0.25) is 0 Å². The summed E-state index contributed by atoms with van der Waals surface area (Å²) in [6.07, 6.45) is 4.41. The van der Waals surface area contributed by atoms with Crippen molar-refractivity contribution in [2.45, 2.75) is 65.7 Å². The molecule has 2 heteroatoms. The predicted octanol–water partition coefficient (Wildman–Crippen LogP) is 5.19. The van der Waals surface area contributed by atoms with Crippen LogP contribution >= 0.6 is 0 Å². The maximum absolute atomic E-state index is 13.1. The second kappa shape index (κ2) is 5.62. The van der Waals surface area contributed by atoms with E-state index in [9.17, 15) is 8.78 Å². The molecule has 0 unspecified atom stereocenters. The molecule has 0 rings (SSSR count). The van der Waals surface area contributed by atoms with Crippen molar-refractivity contribution >= 4 is 0 Å². The first kappa shape index (κ1) is 14.6. The minimum atomic E-state index is -2.73. The standard InChI is InChI=1S/C13H24F2/c1-6-9-13(7-2,8-3)10-11(4)12(5,14)15/h4,6-10H2,1-3,5H3. The zero-order valence-corrected chi connectivity index (χ0v) is 10.5. The van der Waals surface area contributed by atoms with E-state index in [1.54, 1.807) is 0 Å². The van der Waals surface area contributed by atoms with Crippen molar-refractivity contribution < 1.29 is 8.78 Å². The molecule has 0 N–H and O–H groups in total. The smallest absolute Gasteiger partial charge is 0.202 e. The van der Waals surface area contributed by atoms with Gasteiger partial charge in [0.15, 0.2) is 0 Å². The van der Waals surface area contributed by atoms with Crippen molar-refractivity contribution in [3.05, 3.63) is 12.2 Å². The number of allylic oxidation sites excluding steroid dienone is 1. The zero-order valence-electron chi connectivity index (χ0n) is 10.5. The molecule has 0 aromatic carbocycles. The second-order valence-electron chi connectivity index (χ2n) is 4.63. The molecule has 0 aliphatic heterocycles. The SMILES string of the molecule is C=C(CC(CC)(CC)CCC)C(C)(F)F. The topological polar surface area (TPSA) is 0 Å². The fourth-order valence-corrected chi connectivity index (χ4v) is 2.08. The van der Waals surface area contributed by atoms with Crippen LogP contribution in [0.25, 0.3) is 0 Å². The molecular weight excluding hydrogens is 194 g/mol. The molecule has 0 amide bonds. The van der Waals surface area contributed by atoms with E-state index < -0.39 is 5.92 Å². The molecule has 0 bridgehead atoms. The van der Waals surface area contributed by atoms with E-state index in [4.69, 9.17) is 0 Å². The fraction of sp³-hybridized carbons (Fsp3) is 0.846. The van der Waals surface area contributed by atoms with Crippen LogP contribution in [0.5, 0.6) is 0 Å². The van der Waals surface area contributed by atoms with E-state index in [0.717, 1.165) is 32.6 Å². The van der Waals surface area contributed by atoms with Crippen LogP contribution in [-0.4, -0.2) is 5.92 Å². The molecule has 0 saturated carbocycles. The Morgan fingerprint density at radius 3 is 1.87 bits per heavy atom. The van der Waals surface area contributed by atoms with Crippen molar-refractivity contribution in [3.63, 3.8) is 0 Å². The van der Waals surface area contributed by atoms with E-state index in [1.165, 1.54) is 0 Å². The molecule has 0 aromatic heterocycles. The summed E-state index contributed by atoms with van der Waals surface area (Å²) in [6, 6.07) is 0. The van der Waals surface area contributed by atoms with Crippen molar-refractivity contribution in [2.24, 2.45) is 5.41 Å². The van der Waals surface area contributed by atoms with E-state index in [2.05, 4.69) is 27.4 Å². The summed E-state index contributed by atoms with van der Waals surface area (Å²) in [6.45, 7) is 10.8. The molecule has 0 spiro atoms.